The van der Waals surface area contributed by atoms with E-state index in [1.807, 2.05) is 6.33 Å². The summed E-state index contributed by atoms with van der Waals surface area (Å²) in [7, 11) is 0. The Hall–Kier alpha value is -1.31. The molecule has 2 nitrogen and oxygen atoms in total. The lowest BCUT2D eigenvalue weighted by Crippen LogP contribution is -2.20. The van der Waals surface area contributed by atoms with Gasteiger partial charge in [0.25, 0.3) is 0 Å². The lowest BCUT2D eigenvalue weighted by atomic mass is 10.1. The third-order valence-electron chi connectivity index (χ3n) is 2.43. The minimum absolute atomic E-state index is 0.101. The van der Waals surface area contributed by atoms with Gasteiger partial charge >= 0.3 is 0 Å². The zero-order valence-corrected chi connectivity index (χ0v) is 9.20. The fourth-order valence-corrected chi connectivity index (χ4v) is 1.66. The lowest BCUT2D eigenvalue weighted by Gasteiger charge is -2.21. The summed E-state index contributed by atoms with van der Waals surface area (Å²) < 4.78 is 2.21. The van der Waals surface area contributed by atoms with E-state index in [-0.39, 0.29) is 5.54 Å². The second kappa shape index (κ2) is 2.84. The monoisotopic (exact) mass is 188 g/mol. The van der Waals surface area contributed by atoms with Crippen LogP contribution < -0.4 is 0 Å². The van der Waals surface area contributed by atoms with Crippen LogP contribution in [0.4, 0.5) is 0 Å². The summed E-state index contributed by atoms with van der Waals surface area (Å²) in [6.07, 6.45) is 1.92. The number of benzene rings is 1. The van der Waals surface area contributed by atoms with Crippen molar-refractivity contribution in [2.24, 2.45) is 0 Å². The van der Waals surface area contributed by atoms with Crippen molar-refractivity contribution in [3.63, 3.8) is 0 Å². The van der Waals surface area contributed by atoms with Gasteiger partial charge < -0.3 is 4.57 Å². The van der Waals surface area contributed by atoms with Gasteiger partial charge in [-0.3, -0.25) is 0 Å². The molecular weight excluding hydrogens is 172 g/mol. The zero-order chi connectivity index (χ0) is 10.3. The van der Waals surface area contributed by atoms with Crippen molar-refractivity contribution >= 4 is 11.0 Å². The molecule has 0 amide bonds. The molecule has 0 saturated heterocycles. The van der Waals surface area contributed by atoms with Crippen molar-refractivity contribution in [2.75, 3.05) is 0 Å². The summed E-state index contributed by atoms with van der Waals surface area (Å²) in [5.41, 5.74) is 3.66. The molecule has 2 rings (SSSR count). The first-order valence-electron chi connectivity index (χ1n) is 4.93. The van der Waals surface area contributed by atoms with Gasteiger partial charge in [0.1, 0.15) is 0 Å². The van der Waals surface area contributed by atoms with Gasteiger partial charge in [-0.1, -0.05) is 6.07 Å². The van der Waals surface area contributed by atoms with Crippen LogP contribution in [0.1, 0.15) is 26.3 Å². The molecule has 0 spiro atoms. The minimum Gasteiger partial charge on any atom is -0.325 e. The maximum atomic E-state index is 4.41. The van der Waals surface area contributed by atoms with Crippen LogP contribution in [0.2, 0.25) is 0 Å². The number of nitrogens with zero attached hydrogens (tertiary/aromatic N) is 2. The fourth-order valence-electron chi connectivity index (χ4n) is 1.66. The van der Waals surface area contributed by atoms with Gasteiger partial charge in [0.05, 0.1) is 17.4 Å². The summed E-state index contributed by atoms with van der Waals surface area (Å²) in [6, 6.07) is 6.40. The highest BCUT2D eigenvalue weighted by molar-refractivity contribution is 5.76. The van der Waals surface area contributed by atoms with Gasteiger partial charge in [-0.2, -0.15) is 0 Å². The average molecular weight is 188 g/mol. The summed E-state index contributed by atoms with van der Waals surface area (Å²) in [4.78, 5) is 4.41. The summed E-state index contributed by atoms with van der Waals surface area (Å²) in [5.74, 6) is 0. The molecule has 2 heteroatoms. The number of hydrogen-bond donors (Lipinski definition) is 0. The van der Waals surface area contributed by atoms with Crippen molar-refractivity contribution in [3.8, 4) is 0 Å². The van der Waals surface area contributed by atoms with E-state index in [2.05, 4.69) is 55.4 Å². The van der Waals surface area contributed by atoms with Gasteiger partial charge in [0.15, 0.2) is 0 Å². The molecule has 0 aliphatic rings. The van der Waals surface area contributed by atoms with E-state index < -0.39 is 0 Å². The topological polar surface area (TPSA) is 17.8 Å². The Labute approximate surface area is 84.6 Å². The van der Waals surface area contributed by atoms with Gasteiger partial charge in [-0.25, -0.2) is 4.98 Å². The molecule has 0 aliphatic carbocycles. The minimum atomic E-state index is 0.101. The SMILES string of the molecule is Cc1ccc2c(c1)ncn2C(C)(C)C. The molecular formula is C12H16N2. The van der Waals surface area contributed by atoms with Gasteiger partial charge in [0, 0.05) is 5.54 Å². The normalized spacial score (nSPS) is 12.3. The fraction of sp³-hybridized carbons (Fsp3) is 0.417. The van der Waals surface area contributed by atoms with E-state index >= 15 is 0 Å². The maximum Gasteiger partial charge on any atom is 0.0963 e. The van der Waals surface area contributed by atoms with E-state index in [9.17, 15) is 0 Å². The third kappa shape index (κ3) is 1.41. The highest BCUT2D eigenvalue weighted by Gasteiger charge is 2.15. The Kier molecular flexibility index (Phi) is 1.88. The van der Waals surface area contributed by atoms with Crippen molar-refractivity contribution in [1.29, 1.82) is 0 Å². The van der Waals surface area contributed by atoms with Crippen molar-refractivity contribution < 1.29 is 0 Å². The largest absolute Gasteiger partial charge is 0.325 e. The van der Waals surface area contributed by atoms with Crippen LogP contribution in [0, 0.1) is 6.92 Å². The maximum absolute atomic E-state index is 4.41. The van der Waals surface area contributed by atoms with E-state index in [1.54, 1.807) is 0 Å². The number of imidazole rings is 1. The van der Waals surface area contributed by atoms with Gasteiger partial charge in [-0.15, -0.1) is 0 Å². The Bertz CT molecular complexity index is 461. The molecule has 0 unspecified atom stereocenters. The quantitative estimate of drug-likeness (QED) is 0.621. The second-order valence-electron chi connectivity index (χ2n) is 4.78. The number of fused-ring (bicyclic) bond motifs is 1. The van der Waals surface area contributed by atoms with Crippen molar-refractivity contribution in [1.82, 2.24) is 9.55 Å². The number of aromatic nitrogens is 2. The third-order valence-corrected chi connectivity index (χ3v) is 2.43. The summed E-state index contributed by atoms with van der Waals surface area (Å²) in [6.45, 7) is 8.66. The Morgan fingerprint density at radius 1 is 1.21 bits per heavy atom. The lowest BCUT2D eigenvalue weighted by molar-refractivity contribution is 0.408. The Morgan fingerprint density at radius 3 is 2.57 bits per heavy atom. The van der Waals surface area contributed by atoms with Crippen LogP contribution in [0.5, 0.6) is 0 Å². The molecule has 0 atom stereocenters. The van der Waals surface area contributed by atoms with Gasteiger partial charge in [-0.05, 0) is 45.4 Å². The first-order valence-corrected chi connectivity index (χ1v) is 4.93. The molecule has 2 aromatic rings. The first kappa shape index (κ1) is 9.25. The first-order chi connectivity index (χ1) is 6.48. The van der Waals surface area contributed by atoms with Crippen LogP contribution in [-0.4, -0.2) is 9.55 Å². The zero-order valence-electron chi connectivity index (χ0n) is 9.20. The number of aryl methyl sites for hydroxylation is 1. The standard InChI is InChI=1S/C12H16N2/c1-9-5-6-11-10(7-9)13-8-14(11)12(2,3)4/h5-8H,1-4H3. The molecule has 1 aromatic carbocycles. The van der Waals surface area contributed by atoms with Crippen LogP contribution in [0.15, 0.2) is 24.5 Å². The van der Waals surface area contributed by atoms with Crippen LogP contribution in [-0.2, 0) is 5.54 Å². The molecule has 0 saturated carbocycles. The average Bonchev–Trinajstić information content (AvgIpc) is 2.45. The number of rotatable bonds is 0. The van der Waals surface area contributed by atoms with Crippen molar-refractivity contribution in [2.45, 2.75) is 33.2 Å². The molecule has 0 N–H and O–H groups in total. The molecule has 74 valence electrons. The molecule has 1 aromatic heterocycles. The molecule has 0 bridgehead atoms. The molecule has 0 radical (unpaired) electrons. The van der Waals surface area contributed by atoms with E-state index in [1.165, 1.54) is 11.1 Å². The Morgan fingerprint density at radius 2 is 1.93 bits per heavy atom. The van der Waals surface area contributed by atoms with E-state index in [4.69, 9.17) is 0 Å². The van der Waals surface area contributed by atoms with Crippen LogP contribution in [0.25, 0.3) is 11.0 Å². The molecule has 1 heterocycles. The highest BCUT2D eigenvalue weighted by Crippen LogP contribution is 2.22. The van der Waals surface area contributed by atoms with Crippen LogP contribution in [0.3, 0.4) is 0 Å². The molecule has 0 aliphatic heterocycles. The predicted octanol–water partition coefficient (Wildman–Crippen LogP) is 3.10. The summed E-state index contributed by atoms with van der Waals surface area (Å²) >= 11 is 0. The number of hydrogen-bond acceptors (Lipinski definition) is 1. The smallest absolute Gasteiger partial charge is 0.0963 e. The summed E-state index contributed by atoms with van der Waals surface area (Å²) in [5, 5.41) is 0. The molecule has 0 fully saturated rings. The predicted molar refractivity (Wildman–Crippen MR) is 59.5 cm³/mol. The van der Waals surface area contributed by atoms with E-state index in [0.29, 0.717) is 0 Å². The van der Waals surface area contributed by atoms with Crippen molar-refractivity contribution in [3.05, 3.63) is 30.1 Å². The van der Waals surface area contributed by atoms with E-state index in [0.717, 1.165) is 5.52 Å². The van der Waals surface area contributed by atoms with Crippen LogP contribution >= 0.6 is 0 Å². The molecule has 14 heavy (non-hydrogen) atoms. The van der Waals surface area contributed by atoms with Gasteiger partial charge in [0.2, 0.25) is 0 Å². The second-order valence-corrected chi connectivity index (χ2v) is 4.78. The Balaban J connectivity index is 2.70. The highest BCUT2D eigenvalue weighted by atomic mass is 15.1.